The van der Waals surface area contributed by atoms with E-state index < -0.39 is 17.8 Å². The number of amides is 1. The van der Waals surface area contributed by atoms with Crippen LogP contribution in [0.1, 0.15) is 21.1 Å². The van der Waals surface area contributed by atoms with Gasteiger partial charge in [-0.2, -0.15) is 18.3 Å². The van der Waals surface area contributed by atoms with E-state index in [4.69, 9.17) is 0 Å². The van der Waals surface area contributed by atoms with Gasteiger partial charge in [0.05, 0.1) is 6.54 Å². The first-order valence-electron chi connectivity index (χ1n) is 5.30. The minimum Gasteiger partial charge on any atom is -0.346 e. The van der Waals surface area contributed by atoms with Crippen molar-refractivity contribution in [1.82, 2.24) is 15.1 Å². The van der Waals surface area contributed by atoms with Crippen LogP contribution in [0, 0.1) is 0 Å². The molecule has 1 N–H and O–H groups in total. The van der Waals surface area contributed by atoms with Crippen LogP contribution in [0.15, 0.2) is 23.6 Å². The number of thiophene rings is 1. The maximum atomic E-state index is 12.4. The standard InChI is InChI=1S/C11H10F3N3OS/c1-17-8(5-9(16-17)11(12,13)14)10(18)15-6-7-3-2-4-19-7/h2-5H,6H2,1H3,(H,15,18). The highest BCUT2D eigenvalue weighted by Crippen LogP contribution is 2.28. The first-order chi connectivity index (χ1) is 8.88. The van der Waals surface area contributed by atoms with Crippen molar-refractivity contribution in [3.05, 3.63) is 39.8 Å². The Morgan fingerprint density at radius 1 is 1.53 bits per heavy atom. The highest BCUT2D eigenvalue weighted by molar-refractivity contribution is 7.09. The molecule has 2 heterocycles. The van der Waals surface area contributed by atoms with Crippen LogP contribution in [-0.4, -0.2) is 15.7 Å². The molecule has 0 radical (unpaired) electrons. The lowest BCUT2D eigenvalue weighted by atomic mass is 10.3. The molecule has 2 aromatic rings. The van der Waals surface area contributed by atoms with E-state index in [2.05, 4.69) is 10.4 Å². The van der Waals surface area contributed by atoms with Crippen LogP contribution in [0.2, 0.25) is 0 Å². The Morgan fingerprint density at radius 2 is 2.26 bits per heavy atom. The Hall–Kier alpha value is -1.83. The van der Waals surface area contributed by atoms with Gasteiger partial charge in [0.25, 0.3) is 5.91 Å². The number of hydrogen-bond donors (Lipinski definition) is 1. The zero-order valence-electron chi connectivity index (χ0n) is 9.86. The summed E-state index contributed by atoms with van der Waals surface area (Å²) in [5.74, 6) is -0.584. The highest BCUT2D eigenvalue weighted by Gasteiger charge is 2.35. The summed E-state index contributed by atoms with van der Waals surface area (Å²) in [5.41, 5.74) is -1.19. The molecule has 0 atom stereocenters. The lowest BCUT2D eigenvalue weighted by Crippen LogP contribution is -2.24. The summed E-state index contributed by atoms with van der Waals surface area (Å²) in [6, 6.07) is 4.40. The summed E-state index contributed by atoms with van der Waals surface area (Å²) in [6.07, 6.45) is -4.55. The van der Waals surface area contributed by atoms with Crippen molar-refractivity contribution in [2.45, 2.75) is 12.7 Å². The second-order valence-corrected chi connectivity index (χ2v) is 4.83. The van der Waals surface area contributed by atoms with Crippen molar-refractivity contribution in [3.8, 4) is 0 Å². The smallest absolute Gasteiger partial charge is 0.346 e. The van der Waals surface area contributed by atoms with Crippen molar-refractivity contribution in [2.24, 2.45) is 7.05 Å². The molecule has 0 spiro atoms. The van der Waals surface area contributed by atoms with E-state index in [1.54, 1.807) is 0 Å². The van der Waals surface area contributed by atoms with Crippen LogP contribution in [-0.2, 0) is 19.8 Å². The van der Waals surface area contributed by atoms with Gasteiger partial charge in [-0.15, -0.1) is 11.3 Å². The van der Waals surface area contributed by atoms with Gasteiger partial charge < -0.3 is 5.32 Å². The predicted octanol–water partition coefficient (Wildman–Crippen LogP) is 2.43. The van der Waals surface area contributed by atoms with Gasteiger partial charge in [-0.25, -0.2) is 0 Å². The Labute approximate surface area is 110 Å². The van der Waals surface area contributed by atoms with Crippen LogP contribution < -0.4 is 5.32 Å². The minimum absolute atomic E-state index is 0.121. The van der Waals surface area contributed by atoms with Crippen LogP contribution in [0.3, 0.4) is 0 Å². The fourth-order valence-corrected chi connectivity index (χ4v) is 2.13. The van der Waals surface area contributed by atoms with Crippen LogP contribution >= 0.6 is 11.3 Å². The predicted molar refractivity (Wildman–Crippen MR) is 63.7 cm³/mol. The maximum absolute atomic E-state index is 12.4. The monoisotopic (exact) mass is 289 g/mol. The molecular formula is C11H10F3N3OS. The average molecular weight is 289 g/mol. The van der Waals surface area contributed by atoms with Gasteiger partial charge >= 0.3 is 6.18 Å². The Morgan fingerprint density at radius 3 is 2.79 bits per heavy atom. The molecule has 0 aliphatic rings. The van der Waals surface area contributed by atoms with E-state index in [0.717, 1.165) is 15.6 Å². The Balaban J connectivity index is 2.09. The highest BCUT2D eigenvalue weighted by atomic mass is 32.1. The quantitative estimate of drug-likeness (QED) is 0.943. The van der Waals surface area contributed by atoms with Crippen LogP contribution in [0.4, 0.5) is 13.2 Å². The van der Waals surface area contributed by atoms with Gasteiger partial charge in [0.15, 0.2) is 5.69 Å². The third-order valence-electron chi connectivity index (χ3n) is 2.41. The SMILES string of the molecule is Cn1nc(C(F)(F)F)cc1C(=O)NCc1cccs1. The number of hydrogen-bond acceptors (Lipinski definition) is 3. The third-order valence-corrected chi connectivity index (χ3v) is 3.28. The number of carbonyl (C=O) groups is 1. The third kappa shape index (κ3) is 3.14. The number of nitrogens with one attached hydrogen (secondary N) is 1. The molecule has 0 saturated heterocycles. The molecule has 2 rings (SSSR count). The molecule has 8 heteroatoms. The van der Waals surface area contributed by atoms with E-state index >= 15 is 0 Å². The summed E-state index contributed by atoms with van der Waals surface area (Å²) < 4.78 is 38.3. The second kappa shape index (κ2) is 5.04. The molecule has 0 aliphatic carbocycles. The molecule has 0 unspecified atom stereocenters. The number of alkyl halides is 3. The van der Waals surface area contributed by atoms with E-state index in [9.17, 15) is 18.0 Å². The van der Waals surface area contributed by atoms with Crippen LogP contribution in [0.5, 0.6) is 0 Å². The number of nitrogens with zero attached hydrogens (tertiary/aromatic N) is 2. The maximum Gasteiger partial charge on any atom is 0.435 e. The lowest BCUT2D eigenvalue weighted by Gasteiger charge is -2.03. The second-order valence-electron chi connectivity index (χ2n) is 3.80. The number of rotatable bonds is 3. The van der Waals surface area contributed by atoms with Gasteiger partial charge in [0, 0.05) is 18.0 Å². The van der Waals surface area contributed by atoms with Gasteiger partial charge in [0.2, 0.25) is 0 Å². The minimum atomic E-state index is -4.55. The summed E-state index contributed by atoms with van der Waals surface area (Å²) in [5, 5.41) is 7.69. The summed E-state index contributed by atoms with van der Waals surface area (Å²) in [6.45, 7) is 0.281. The van der Waals surface area contributed by atoms with E-state index in [0.29, 0.717) is 0 Å². The molecule has 1 amide bonds. The number of aromatic nitrogens is 2. The van der Waals surface area contributed by atoms with E-state index in [1.807, 2.05) is 17.5 Å². The largest absolute Gasteiger partial charge is 0.435 e. The van der Waals surface area contributed by atoms with Gasteiger partial charge in [-0.05, 0) is 11.4 Å². The summed E-state index contributed by atoms with van der Waals surface area (Å²) in [4.78, 5) is 12.7. The number of carbonyl (C=O) groups excluding carboxylic acids is 1. The number of aryl methyl sites for hydroxylation is 1. The van der Waals surface area contributed by atoms with E-state index in [1.165, 1.54) is 18.4 Å². The lowest BCUT2D eigenvalue weighted by molar-refractivity contribution is -0.141. The van der Waals surface area contributed by atoms with Gasteiger partial charge in [-0.1, -0.05) is 6.07 Å². The molecular weight excluding hydrogens is 279 g/mol. The van der Waals surface area contributed by atoms with E-state index in [-0.39, 0.29) is 12.2 Å². The molecule has 2 aromatic heterocycles. The fraction of sp³-hybridized carbons (Fsp3) is 0.273. The molecule has 19 heavy (non-hydrogen) atoms. The van der Waals surface area contributed by atoms with Crippen molar-refractivity contribution < 1.29 is 18.0 Å². The van der Waals surface area contributed by atoms with Crippen molar-refractivity contribution in [1.29, 1.82) is 0 Å². The topological polar surface area (TPSA) is 46.9 Å². The molecule has 4 nitrogen and oxygen atoms in total. The fourth-order valence-electron chi connectivity index (χ4n) is 1.49. The van der Waals surface area contributed by atoms with Gasteiger partial charge in [-0.3, -0.25) is 9.48 Å². The molecule has 0 bridgehead atoms. The molecule has 102 valence electrons. The molecule has 0 aromatic carbocycles. The van der Waals surface area contributed by atoms with Crippen LogP contribution in [0.25, 0.3) is 0 Å². The van der Waals surface area contributed by atoms with Crippen molar-refractivity contribution >= 4 is 17.2 Å². The first-order valence-corrected chi connectivity index (χ1v) is 6.17. The van der Waals surface area contributed by atoms with Gasteiger partial charge in [0.1, 0.15) is 5.69 Å². The Bertz CT molecular complexity index is 575. The zero-order chi connectivity index (χ0) is 14.0. The summed E-state index contributed by atoms with van der Waals surface area (Å²) >= 11 is 1.46. The Kier molecular flexibility index (Phi) is 3.61. The summed E-state index contributed by atoms with van der Waals surface area (Å²) in [7, 11) is 1.30. The molecule has 0 fully saturated rings. The normalized spacial score (nSPS) is 11.6. The first kappa shape index (κ1) is 13.6. The van der Waals surface area contributed by atoms with Crippen molar-refractivity contribution in [2.75, 3.05) is 0 Å². The molecule has 0 saturated carbocycles. The molecule has 0 aliphatic heterocycles. The number of halogens is 3. The average Bonchev–Trinajstić information content (AvgIpc) is 2.93. The zero-order valence-corrected chi connectivity index (χ0v) is 10.7. The van der Waals surface area contributed by atoms with Crippen molar-refractivity contribution in [3.63, 3.8) is 0 Å².